The summed E-state index contributed by atoms with van der Waals surface area (Å²) in [6.07, 6.45) is 7.48. The quantitative estimate of drug-likeness (QED) is 0.664. The normalized spacial score (nSPS) is 15.9. The molecule has 29 heavy (non-hydrogen) atoms. The highest BCUT2D eigenvalue weighted by molar-refractivity contribution is 6.02. The summed E-state index contributed by atoms with van der Waals surface area (Å²) < 4.78 is 7.98. The summed E-state index contributed by atoms with van der Waals surface area (Å²) in [5, 5.41) is 3.01. The van der Waals surface area contributed by atoms with Gasteiger partial charge in [0.1, 0.15) is 11.6 Å². The molecule has 1 aliphatic heterocycles. The highest BCUT2D eigenvalue weighted by atomic mass is 16.4. The van der Waals surface area contributed by atoms with Crippen LogP contribution in [-0.2, 0) is 6.54 Å². The molecule has 1 aliphatic rings. The molecule has 0 bridgehead atoms. The van der Waals surface area contributed by atoms with Crippen LogP contribution < -0.4 is 5.32 Å². The van der Waals surface area contributed by atoms with Crippen molar-refractivity contribution in [2.45, 2.75) is 45.7 Å². The largest absolute Gasteiger partial charge is 0.454 e. The number of benzene rings is 1. The van der Waals surface area contributed by atoms with Crippen molar-refractivity contribution in [1.29, 1.82) is 0 Å². The van der Waals surface area contributed by atoms with Crippen LogP contribution in [-0.4, -0.2) is 33.4 Å². The predicted molar refractivity (Wildman–Crippen MR) is 113 cm³/mol. The number of rotatable bonds is 6. The first-order chi connectivity index (χ1) is 14.1. The van der Waals surface area contributed by atoms with Gasteiger partial charge in [-0.05, 0) is 63.5 Å². The molecule has 4 rings (SSSR count). The van der Waals surface area contributed by atoms with Gasteiger partial charge in [-0.2, -0.15) is 0 Å². The van der Waals surface area contributed by atoms with Crippen molar-refractivity contribution >= 4 is 11.6 Å². The number of nitrogens with one attached hydrogen (secondary N) is 1. The fourth-order valence-corrected chi connectivity index (χ4v) is 3.90. The molecule has 1 amide bonds. The molecule has 0 aliphatic carbocycles. The van der Waals surface area contributed by atoms with Gasteiger partial charge in [0.15, 0.2) is 5.76 Å². The summed E-state index contributed by atoms with van der Waals surface area (Å²) in [7, 11) is 0. The Morgan fingerprint density at radius 1 is 1.17 bits per heavy atom. The molecule has 3 aromatic rings. The fraction of sp³-hybridized carbons (Fsp3) is 0.391. The van der Waals surface area contributed by atoms with Crippen LogP contribution in [0.25, 0.3) is 0 Å². The third-order valence-electron chi connectivity index (χ3n) is 5.73. The molecule has 1 saturated heterocycles. The first-order valence-electron chi connectivity index (χ1n) is 10.3. The van der Waals surface area contributed by atoms with Crippen molar-refractivity contribution in [1.82, 2.24) is 14.5 Å². The van der Waals surface area contributed by atoms with E-state index < -0.39 is 0 Å². The molecule has 0 radical (unpaired) electrons. The van der Waals surface area contributed by atoms with E-state index in [2.05, 4.69) is 26.7 Å². The Morgan fingerprint density at radius 2 is 1.97 bits per heavy atom. The number of para-hydroxylation sites is 1. The highest BCUT2D eigenvalue weighted by Gasteiger charge is 2.22. The van der Waals surface area contributed by atoms with Crippen molar-refractivity contribution in [3.05, 3.63) is 71.7 Å². The maximum Gasteiger partial charge on any atom is 0.291 e. The Balaban J connectivity index is 1.46. The molecular weight excluding hydrogens is 364 g/mol. The summed E-state index contributed by atoms with van der Waals surface area (Å²) >= 11 is 0. The van der Waals surface area contributed by atoms with Crippen molar-refractivity contribution in [2.75, 3.05) is 18.4 Å². The van der Waals surface area contributed by atoms with Gasteiger partial charge in [0.25, 0.3) is 5.91 Å². The van der Waals surface area contributed by atoms with Crippen molar-refractivity contribution in [3.8, 4) is 0 Å². The zero-order chi connectivity index (χ0) is 20.2. The van der Waals surface area contributed by atoms with Crippen LogP contribution >= 0.6 is 0 Å². The predicted octanol–water partition coefficient (Wildman–Crippen LogP) is 4.63. The van der Waals surface area contributed by atoms with Gasteiger partial charge in [-0.3, -0.25) is 9.69 Å². The molecule has 0 spiro atoms. The minimum atomic E-state index is -0.225. The van der Waals surface area contributed by atoms with E-state index in [9.17, 15) is 4.79 Å². The molecule has 1 fully saturated rings. The Morgan fingerprint density at radius 3 is 2.72 bits per heavy atom. The Bertz CT molecular complexity index is 969. The number of anilines is 1. The fourth-order valence-electron chi connectivity index (χ4n) is 3.90. The minimum Gasteiger partial charge on any atom is -0.454 e. The summed E-state index contributed by atoms with van der Waals surface area (Å²) in [6, 6.07) is 11.7. The second kappa shape index (κ2) is 8.66. The number of amides is 1. The van der Waals surface area contributed by atoms with E-state index in [4.69, 9.17) is 4.42 Å². The first-order valence-corrected chi connectivity index (χ1v) is 10.3. The molecule has 6 heteroatoms. The molecule has 0 saturated carbocycles. The standard InChI is InChI=1S/C23H28N4O2/c1-17(26-13-6-3-7-14-26)21-10-11-22(29-21)23(28)25-20-9-5-4-8-19(20)16-27-15-12-24-18(27)2/h4-5,8-12,15,17H,3,6-7,13-14,16H2,1-2H3,(H,25,28). The SMILES string of the molecule is Cc1nccn1Cc1ccccc1NC(=O)c1ccc(C(C)N2CCCCC2)o1. The first kappa shape index (κ1) is 19.5. The highest BCUT2D eigenvalue weighted by Crippen LogP contribution is 2.26. The van der Waals surface area contributed by atoms with E-state index in [1.54, 1.807) is 12.3 Å². The number of carbonyl (C=O) groups excluding carboxylic acids is 1. The number of aryl methyl sites for hydroxylation is 1. The molecule has 1 unspecified atom stereocenters. The topological polar surface area (TPSA) is 63.3 Å². The Kier molecular flexibility index (Phi) is 5.81. The number of hydrogen-bond acceptors (Lipinski definition) is 4. The minimum absolute atomic E-state index is 0.188. The van der Waals surface area contributed by atoms with Gasteiger partial charge in [-0.25, -0.2) is 4.98 Å². The molecule has 3 heterocycles. The van der Waals surface area contributed by atoms with Gasteiger partial charge < -0.3 is 14.3 Å². The second-order valence-corrected chi connectivity index (χ2v) is 7.69. The molecule has 6 nitrogen and oxygen atoms in total. The lowest BCUT2D eigenvalue weighted by molar-refractivity contribution is 0.0987. The van der Waals surface area contributed by atoms with Crippen molar-refractivity contribution in [3.63, 3.8) is 0 Å². The summed E-state index contributed by atoms with van der Waals surface area (Å²) in [5.41, 5.74) is 1.81. The third kappa shape index (κ3) is 4.43. The summed E-state index contributed by atoms with van der Waals surface area (Å²) in [5.74, 6) is 1.90. The van der Waals surface area contributed by atoms with Gasteiger partial charge in [-0.15, -0.1) is 0 Å². The van der Waals surface area contributed by atoms with Gasteiger partial charge in [0.05, 0.1) is 12.6 Å². The molecule has 2 aromatic heterocycles. The molecule has 1 aromatic carbocycles. The lowest BCUT2D eigenvalue weighted by Gasteiger charge is -2.31. The third-order valence-corrected chi connectivity index (χ3v) is 5.73. The van der Waals surface area contributed by atoms with Crippen LogP contribution in [0.3, 0.4) is 0 Å². The average Bonchev–Trinajstić information content (AvgIpc) is 3.39. The van der Waals surface area contributed by atoms with Crippen LogP contribution in [0.1, 0.15) is 59.9 Å². The lowest BCUT2D eigenvalue weighted by atomic mass is 10.1. The number of aromatic nitrogens is 2. The van der Waals surface area contributed by atoms with E-state index in [-0.39, 0.29) is 11.9 Å². The van der Waals surface area contributed by atoms with Crippen molar-refractivity contribution < 1.29 is 9.21 Å². The van der Waals surface area contributed by atoms with Gasteiger partial charge in [-0.1, -0.05) is 24.6 Å². The van der Waals surface area contributed by atoms with Gasteiger partial charge in [0.2, 0.25) is 0 Å². The average molecular weight is 393 g/mol. The van der Waals surface area contributed by atoms with E-state index in [1.165, 1.54) is 19.3 Å². The molecular formula is C23H28N4O2. The number of nitrogens with zero attached hydrogens (tertiary/aromatic N) is 3. The zero-order valence-corrected chi connectivity index (χ0v) is 17.1. The molecule has 1 N–H and O–H groups in total. The maximum atomic E-state index is 12.8. The van der Waals surface area contributed by atoms with Crippen LogP contribution in [0.4, 0.5) is 5.69 Å². The van der Waals surface area contributed by atoms with Gasteiger partial charge >= 0.3 is 0 Å². The van der Waals surface area contributed by atoms with Crippen molar-refractivity contribution in [2.24, 2.45) is 0 Å². The number of furan rings is 1. The zero-order valence-electron chi connectivity index (χ0n) is 17.1. The van der Waals surface area contributed by atoms with Crippen LogP contribution in [0, 0.1) is 6.92 Å². The number of hydrogen-bond donors (Lipinski definition) is 1. The number of imidazole rings is 1. The number of carbonyl (C=O) groups is 1. The molecule has 1 atom stereocenters. The van der Waals surface area contributed by atoms with Crippen LogP contribution in [0.5, 0.6) is 0 Å². The van der Waals surface area contributed by atoms with E-state index in [0.717, 1.165) is 35.9 Å². The maximum absolute atomic E-state index is 12.8. The van der Waals surface area contributed by atoms with Crippen LogP contribution in [0.2, 0.25) is 0 Å². The monoisotopic (exact) mass is 392 g/mol. The second-order valence-electron chi connectivity index (χ2n) is 7.69. The Hall–Kier alpha value is -2.86. The smallest absolute Gasteiger partial charge is 0.291 e. The van der Waals surface area contributed by atoms with Crippen LogP contribution in [0.15, 0.2) is 53.2 Å². The summed E-state index contributed by atoms with van der Waals surface area (Å²) in [4.78, 5) is 19.5. The number of piperidine rings is 1. The number of likely N-dealkylation sites (tertiary alicyclic amines) is 1. The van der Waals surface area contributed by atoms with E-state index in [0.29, 0.717) is 12.3 Å². The Labute approximate surface area is 171 Å². The van der Waals surface area contributed by atoms with E-state index >= 15 is 0 Å². The van der Waals surface area contributed by atoms with Gasteiger partial charge in [0, 0.05) is 18.1 Å². The van der Waals surface area contributed by atoms with E-state index in [1.807, 2.05) is 43.5 Å². The lowest BCUT2D eigenvalue weighted by Crippen LogP contribution is -2.32. The summed E-state index contributed by atoms with van der Waals surface area (Å²) in [6.45, 7) is 6.94. The molecule has 152 valence electrons.